The highest BCUT2D eigenvalue weighted by Crippen LogP contribution is 2.38. The van der Waals surface area contributed by atoms with E-state index < -0.39 is 0 Å². The molecule has 0 spiro atoms. The maximum atomic E-state index is 4.01. The fraction of sp³-hybridized carbons (Fsp3) is 0.333. The Hall–Kier alpha value is -1.50. The van der Waals surface area contributed by atoms with Crippen molar-refractivity contribution in [3.63, 3.8) is 0 Å². The first-order valence-corrected chi connectivity index (χ1v) is 5.97. The minimum Gasteiger partial charge on any atom is -0.344 e. The summed E-state index contributed by atoms with van der Waals surface area (Å²) < 4.78 is 2.46. The van der Waals surface area contributed by atoms with E-state index in [9.17, 15) is 0 Å². The van der Waals surface area contributed by atoms with E-state index in [-0.39, 0.29) is 5.41 Å². The highest BCUT2D eigenvalue weighted by Gasteiger charge is 2.30. The Bertz CT molecular complexity index is 550. The highest BCUT2D eigenvalue weighted by molar-refractivity contribution is 5.82. The Morgan fingerprint density at radius 1 is 1.38 bits per heavy atom. The molecule has 1 aromatic heterocycles. The third-order valence-corrected chi connectivity index (χ3v) is 3.92. The maximum absolute atomic E-state index is 4.01. The van der Waals surface area contributed by atoms with Crippen LogP contribution < -0.4 is 0 Å². The minimum absolute atomic E-state index is 0.150. The van der Waals surface area contributed by atoms with Gasteiger partial charge in [0.05, 0.1) is 0 Å². The molecule has 1 unspecified atom stereocenters. The number of rotatable bonds is 1. The number of nitrogens with zero attached hydrogens (tertiary/aromatic N) is 1. The molecule has 0 bridgehead atoms. The maximum Gasteiger partial charge on any atom is 0.0482 e. The van der Waals surface area contributed by atoms with Crippen LogP contribution in [0.2, 0.25) is 0 Å². The summed E-state index contributed by atoms with van der Waals surface area (Å²) >= 11 is 0. The van der Waals surface area contributed by atoms with Crippen LogP contribution in [0.1, 0.15) is 25.5 Å². The van der Waals surface area contributed by atoms with Crippen LogP contribution >= 0.6 is 0 Å². The second kappa shape index (κ2) is 3.24. The predicted molar refractivity (Wildman–Crippen MR) is 68.7 cm³/mol. The number of hydrogen-bond acceptors (Lipinski definition) is 0. The Labute approximate surface area is 96.4 Å². The summed E-state index contributed by atoms with van der Waals surface area (Å²) in [5.41, 5.74) is 2.94. The van der Waals surface area contributed by atoms with E-state index in [1.54, 1.807) is 0 Å². The summed E-state index contributed by atoms with van der Waals surface area (Å²) in [4.78, 5) is 0. The van der Waals surface area contributed by atoms with E-state index in [1.807, 2.05) is 0 Å². The number of para-hydroxylation sites is 1. The van der Waals surface area contributed by atoms with Crippen molar-refractivity contribution in [2.24, 2.45) is 0 Å². The largest absolute Gasteiger partial charge is 0.344 e. The zero-order valence-electron chi connectivity index (χ0n) is 9.74. The van der Waals surface area contributed by atoms with Crippen molar-refractivity contribution in [2.45, 2.75) is 31.7 Å². The molecule has 1 aliphatic rings. The van der Waals surface area contributed by atoms with Gasteiger partial charge >= 0.3 is 0 Å². The van der Waals surface area contributed by atoms with E-state index in [4.69, 9.17) is 0 Å². The molecule has 0 amide bonds. The number of aryl methyl sites for hydroxylation is 1. The second-order valence-corrected chi connectivity index (χ2v) is 4.97. The van der Waals surface area contributed by atoms with Gasteiger partial charge < -0.3 is 4.57 Å². The van der Waals surface area contributed by atoms with Gasteiger partial charge in [0.15, 0.2) is 0 Å². The molecular formula is C15H17N. The summed E-state index contributed by atoms with van der Waals surface area (Å²) in [5.74, 6) is 0. The smallest absolute Gasteiger partial charge is 0.0482 e. The Balaban J connectivity index is 2.33. The van der Waals surface area contributed by atoms with Crippen LogP contribution in [-0.4, -0.2) is 4.57 Å². The molecule has 2 aromatic rings. The van der Waals surface area contributed by atoms with Crippen molar-refractivity contribution in [3.05, 3.63) is 48.7 Å². The van der Waals surface area contributed by atoms with E-state index >= 15 is 0 Å². The van der Waals surface area contributed by atoms with Gasteiger partial charge in [-0.25, -0.2) is 0 Å². The number of allylic oxidation sites excluding steroid dienone is 1. The topological polar surface area (TPSA) is 4.93 Å². The van der Waals surface area contributed by atoms with Crippen LogP contribution in [0.3, 0.4) is 0 Å². The van der Waals surface area contributed by atoms with Gasteiger partial charge in [-0.15, -0.1) is 6.58 Å². The zero-order chi connectivity index (χ0) is 11.2. The third-order valence-electron chi connectivity index (χ3n) is 3.92. The zero-order valence-corrected chi connectivity index (χ0v) is 9.74. The molecule has 3 rings (SSSR count). The van der Waals surface area contributed by atoms with Crippen molar-refractivity contribution in [1.29, 1.82) is 0 Å². The van der Waals surface area contributed by atoms with Gasteiger partial charge in [-0.2, -0.15) is 0 Å². The molecule has 0 saturated carbocycles. The fourth-order valence-corrected chi connectivity index (χ4v) is 2.86. The summed E-state index contributed by atoms with van der Waals surface area (Å²) in [7, 11) is 0. The van der Waals surface area contributed by atoms with Crippen LogP contribution in [-0.2, 0) is 12.0 Å². The average molecular weight is 211 g/mol. The molecule has 1 atom stereocenters. The number of benzene rings is 1. The third kappa shape index (κ3) is 1.18. The molecule has 2 heterocycles. The Morgan fingerprint density at radius 2 is 2.19 bits per heavy atom. The summed E-state index contributed by atoms with van der Waals surface area (Å²) in [6, 6.07) is 11.0. The standard InChI is InChI=1S/C15H17N/c1-3-15(2)9-6-10-16-13-8-5-4-7-12(13)11-14(15)16/h3-5,7-8,11H,1,6,9-10H2,2H3. The lowest BCUT2D eigenvalue weighted by atomic mass is 9.80. The first-order valence-electron chi connectivity index (χ1n) is 5.97. The van der Waals surface area contributed by atoms with Gasteiger partial charge in [0, 0.05) is 23.2 Å². The van der Waals surface area contributed by atoms with Crippen LogP contribution in [0.15, 0.2) is 43.0 Å². The van der Waals surface area contributed by atoms with Gasteiger partial charge in [0.1, 0.15) is 0 Å². The van der Waals surface area contributed by atoms with Crippen molar-refractivity contribution in [1.82, 2.24) is 4.57 Å². The van der Waals surface area contributed by atoms with Gasteiger partial charge in [-0.05, 0) is 30.4 Å². The molecule has 82 valence electrons. The van der Waals surface area contributed by atoms with Crippen molar-refractivity contribution in [3.8, 4) is 0 Å². The molecule has 0 aliphatic carbocycles. The first-order chi connectivity index (χ1) is 7.74. The summed E-state index contributed by atoms with van der Waals surface area (Å²) in [6.07, 6.45) is 4.57. The van der Waals surface area contributed by atoms with Gasteiger partial charge in [-0.3, -0.25) is 0 Å². The van der Waals surface area contributed by atoms with Crippen molar-refractivity contribution in [2.75, 3.05) is 0 Å². The van der Waals surface area contributed by atoms with Crippen molar-refractivity contribution >= 4 is 10.9 Å². The summed E-state index contributed by atoms with van der Waals surface area (Å²) in [6.45, 7) is 7.45. The van der Waals surface area contributed by atoms with Gasteiger partial charge in [0.25, 0.3) is 0 Å². The number of aromatic nitrogens is 1. The van der Waals surface area contributed by atoms with E-state index in [1.165, 1.54) is 29.4 Å². The monoisotopic (exact) mass is 211 g/mol. The fourth-order valence-electron chi connectivity index (χ4n) is 2.86. The van der Waals surface area contributed by atoms with E-state index in [0.29, 0.717) is 0 Å². The van der Waals surface area contributed by atoms with Crippen molar-refractivity contribution < 1.29 is 0 Å². The predicted octanol–water partition coefficient (Wildman–Crippen LogP) is 3.88. The van der Waals surface area contributed by atoms with E-state index in [0.717, 1.165) is 6.54 Å². The number of hydrogen-bond donors (Lipinski definition) is 0. The quantitative estimate of drug-likeness (QED) is 0.631. The van der Waals surface area contributed by atoms with E-state index in [2.05, 4.69) is 54.5 Å². The average Bonchev–Trinajstić information content (AvgIpc) is 2.70. The van der Waals surface area contributed by atoms with Crippen LogP contribution in [0, 0.1) is 0 Å². The normalized spacial score (nSPS) is 24.3. The Kier molecular flexibility index (Phi) is 1.97. The molecule has 1 nitrogen and oxygen atoms in total. The van der Waals surface area contributed by atoms with Crippen LogP contribution in [0.5, 0.6) is 0 Å². The minimum atomic E-state index is 0.150. The molecule has 16 heavy (non-hydrogen) atoms. The van der Waals surface area contributed by atoms with Gasteiger partial charge in [0.2, 0.25) is 0 Å². The molecule has 1 aromatic carbocycles. The SMILES string of the molecule is C=CC1(C)CCCn2c1cc1ccccc12. The lowest BCUT2D eigenvalue weighted by Gasteiger charge is -2.32. The first kappa shape index (κ1) is 9.71. The Morgan fingerprint density at radius 3 is 3.00 bits per heavy atom. The molecular weight excluding hydrogens is 194 g/mol. The molecule has 1 aliphatic heterocycles. The lowest BCUT2D eigenvalue weighted by Crippen LogP contribution is -2.28. The van der Waals surface area contributed by atoms with Crippen LogP contribution in [0.4, 0.5) is 0 Å². The summed E-state index contributed by atoms with van der Waals surface area (Å²) in [5, 5.41) is 1.35. The lowest BCUT2D eigenvalue weighted by molar-refractivity contribution is 0.406. The molecule has 1 heteroatoms. The molecule has 0 radical (unpaired) electrons. The van der Waals surface area contributed by atoms with Crippen LogP contribution in [0.25, 0.3) is 10.9 Å². The highest BCUT2D eigenvalue weighted by atomic mass is 15.0. The molecule has 0 N–H and O–H groups in total. The molecule has 0 fully saturated rings. The number of fused-ring (bicyclic) bond motifs is 3. The second-order valence-electron chi connectivity index (χ2n) is 4.97. The molecule has 0 saturated heterocycles. The van der Waals surface area contributed by atoms with Gasteiger partial charge in [-0.1, -0.05) is 31.2 Å².